The number of aliphatic carboxylic acids is 2. The predicted molar refractivity (Wildman–Crippen MR) is 89.7 cm³/mol. The highest BCUT2D eigenvalue weighted by atomic mass is 16.4. The van der Waals surface area contributed by atoms with Gasteiger partial charge in [0.1, 0.15) is 0 Å². The van der Waals surface area contributed by atoms with Crippen LogP contribution in [0.15, 0.2) is 60.2 Å². The molecule has 2 aromatic carbocycles. The summed E-state index contributed by atoms with van der Waals surface area (Å²) in [7, 11) is 0. The van der Waals surface area contributed by atoms with E-state index in [1.165, 1.54) is 6.07 Å². The maximum Gasteiger partial charge on any atom is 0.326 e. The second-order valence-corrected chi connectivity index (χ2v) is 5.84. The molecule has 0 spiro atoms. The van der Waals surface area contributed by atoms with Crippen molar-refractivity contribution in [1.82, 2.24) is 0 Å². The summed E-state index contributed by atoms with van der Waals surface area (Å²) in [5.74, 6) is -3.90. The first-order valence-electron chi connectivity index (χ1n) is 7.54. The highest BCUT2D eigenvalue weighted by Crippen LogP contribution is 2.42. The Morgan fingerprint density at radius 1 is 0.880 bits per heavy atom. The van der Waals surface area contributed by atoms with Crippen LogP contribution in [0.1, 0.15) is 21.5 Å². The first kappa shape index (κ1) is 16.4. The van der Waals surface area contributed by atoms with Crippen LogP contribution in [0.3, 0.4) is 0 Å². The number of hydrogen-bond acceptors (Lipinski definition) is 4. The molecule has 0 aromatic heterocycles. The van der Waals surface area contributed by atoms with Gasteiger partial charge in [0.2, 0.25) is 0 Å². The van der Waals surface area contributed by atoms with Crippen molar-refractivity contribution < 1.29 is 24.6 Å². The van der Waals surface area contributed by atoms with Crippen LogP contribution in [0.2, 0.25) is 0 Å². The first-order valence-corrected chi connectivity index (χ1v) is 7.54. The molecular weight excluding hydrogens is 322 g/mol. The van der Waals surface area contributed by atoms with E-state index in [1.807, 2.05) is 0 Å². The lowest BCUT2D eigenvalue weighted by atomic mass is 9.73. The Bertz CT molecular complexity index is 900. The normalized spacial score (nSPS) is 13.7. The van der Waals surface area contributed by atoms with E-state index < -0.39 is 28.7 Å². The van der Waals surface area contributed by atoms with Gasteiger partial charge in [-0.25, -0.2) is 0 Å². The monoisotopic (exact) mass is 337 g/mol. The Labute approximate surface area is 143 Å². The molecule has 3 rings (SSSR count). The van der Waals surface area contributed by atoms with E-state index in [1.54, 1.807) is 48.5 Å². The van der Waals surface area contributed by atoms with Crippen molar-refractivity contribution in [3.05, 3.63) is 76.9 Å². The lowest BCUT2D eigenvalue weighted by Crippen LogP contribution is -2.45. The molecule has 0 atom stereocenters. The summed E-state index contributed by atoms with van der Waals surface area (Å²) in [6.45, 7) is 0. The van der Waals surface area contributed by atoms with Crippen LogP contribution in [-0.2, 0) is 16.0 Å². The summed E-state index contributed by atoms with van der Waals surface area (Å²) in [5, 5.41) is 19.6. The average molecular weight is 337 g/mol. The van der Waals surface area contributed by atoms with Crippen molar-refractivity contribution in [2.45, 2.75) is 6.42 Å². The molecule has 0 unspecified atom stereocenters. The largest absolute Gasteiger partial charge is 0.480 e. The van der Waals surface area contributed by atoms with Gasteiger partial charge >= 0.3 is 11.9 Å². The molecule has 0 heterocycles. The topological polar surface area (TPSA) is 118 Å². The minimum absolute atomic E-state index is 0.0960. The number of rotatable bonds is 5. The number of fused-ring (bicyclic) bond motifs is 1. The van der Waals surface area contributed by atoms with E-state index in [2.05, 4.69) is 0 Å². The molecule has 1 aliphatic rings. The molecule has 6 heteroatoms. The van der Waals surface area contributed by atoms with Gasteiger partial charge in [-0.1, -0.05) is 54.6 Å². The minimum Gasteiger partial charge on any atom is -0.480 e. The van der Waals surface area contributed by atoms with Crippen molar-refractivity contribution in [3.8, 4) is 0 Å². The number of hydrogen-bond donors (Lipinski definition) is 3. The molecule has 126 valence electrons. The zero-order valence-corrected chi connectivity index (χ0v) is 13.1. The first-order chi connectivity index (χ1) is 11.9. The Balaban J connectivity index is 2.23. The molecule has 4 N–H and O–H groups in total. The number of carboxylic acids is 2. The number of benzene rings is 2. The van der Waals surface area contributed by atoms with E-state index in [0.29, 0.717) is 11.1 Å². The Morgan fingerprint density at radius 2 is 1.40 bits per heavy atom. The minimum atomic E-state index is -2.46. The third kappa shape index (κ3) is 2.39. The van der Waals surface area contributed by atoms with Crippen LogP contribution < -0.4 is 5.73 Å². The van der Waals surface area contributed by atoms with Gasteiger partial charge < -0.3 is 15.9 Å². The molecule has 25 heavy (non-hydrogen) atoms. The number of Topliss-reactive ketones (excluding diaryl/α,β-unsaturated/α-hetero) is 1. The fourth-order valence-electron chi connectivity index (χ4n) is 3.18. The van der Waals surface area contributed by atoms with E-state index in [0.717, 1.165) is 0 Å². The van der Waals surface area contributed by atoms with Crippen LogP contribution in [0.5, 0.6) is 0 Å². The van der Waals surface area contributed by atoms with Crippen molar-refractivity contribution in [1.29, 1.82) is 0 Å². The lowest BCUT2D eigenvalue weighted by molar-refractivity contribution is -0.161. The number of ketones is 1. The maximum atomic E-state index is 12.8. The van der Waals surface area contributed by atoms with Crippen molar-refractivity contribution in [2.75, 3.05) is 0 Å². The van der Waals surface area contributed by atoms with E-state index in [-0.39, 0.29) is 17.7 Å². The molecular formula is C19H15NO5. The summed E-state index contributed by atoms with van der Waals surface area (Å²) in [6.07, 6.45) is -0.381. The molecule has 0 saturated heterocycles. The molecule has 6 nitrogen and oxygen atoms in total. The summed E-state index contributed by atoms with van der Waals surface area (Å²) in [4.78, 5) is 36.9. The lowest BCUT2D eigenvalue weighted by Gasteiger charge is -2.26. The third-order valence-electron chi connectivity index (χ3n) is 4.43. The van der Waals surface area contributed by atoms with Gasteiger partial charge in [0.25, 0.3) is 0 Å². The average Bonchev–Trinajstić information content (AvgIpc) is 2.85. The summed E-state index contributed by atoms with van der Waals surface area (Å²) >= 11 is 0. The molecule has 1 aliphatic carbocycles. The SMILES string of the molecule is NC1=C(C(Cc2ccccc2)(C(=O)O)C(=O)O)C(=O)c2ccccc21. The van der Waals surface area contributed by atoms with Gasteiger partial charge in [-0.3, -0.25) is 14.4 Å². The van der Waals surface area contributed by atoms with Gasteiger partial charge in [0.05, 0.1) is 5.57 Å². The Kier molecular flexibility index (Phi) is 3.88. The zero-order chi connectivity index (χ0) is 18.2. The van der Waals surface area contributed by atoms with Crippen LogP contribution in [-0.4, -0.2) is 27.9 Å². The second kappa shape index (κ2) is 5.90. The molecule has 0 amide bonds. The van der Waals surface area contributed by atoms with Crippen molar-refractivity contribution in [3.63, 3.8) is 0 Å². The van der Waals surface area contributed by atoms with Crippen molar-refractivity contribution >= 4 is 23.4 Å². The van der Waals surface area contributed by atoms with E-state index >= 15 is 0 Å². The van der Waals surface area contributed by atoms with E-state index in [9.17, 15) is 24.6 Å². The third-order valence-corrected chi connectivity index (χ3v) is 4.43. The van der Waals surface area contributed by atoms with Gasteiger partial charge in [-0.05, 0) is 5.56 Å². The standard InChI is InChI=1S/C19H15NO5/c20-15-12-8-4-5-9-13(12)16(21)14(15)19(17(22)23,18(24)25)10-11-6-2-1-3-7-11/h1-9H,10,20H2,(H,22,23)(H,24,25). The number of carboxylic acid groups (broad SMARTS) is 2. The van der Waals surface area contributed by atoms with Gasteiger partial charge in [0.15, 0.2) is 11.2 Å². The van der Waals surface area contributed by atoms with Gasteiger partial charge in [-0.15, -0.1) is 0 Å². The second-order valence-electron chi connectivity index (χ2n) is 5.84. The quantitative estimate of drug-likeness (QED) is 0.718. The fraction of sp³-hybridized carbons (Fsp3) is 0.105. The highest BCUT2D eigenvalue weighted by Gasteiger charge is 2.55. The number of carbonyl (C=O) groups excluding carboxylic acids is 1. The predicted octanol–water partition coefficient (Wildman–Crippen LogP) is 1.95. The number of nitrogens with two attached hydrogens (primary N) is 1. The smallest absolute Gasteiger partial charge is 0.326 e. The Hall–Kier alpha value is -3.41. The zero-order valence-electron chi connectivity index (χ0n) is 13.1. The number of carbonyl (C=O) groups is 3. The summed E-state index contributed by atoms with van der Waals surface area (Å²) < 4.78 is 0. The van der Waals surface area contributed by atoms with Crippen LogP contribution >= 0.6 is 0 Å². The van der Waals surface area contributed by atoms with Crippen molar-refractivity contribution in [2.24, 2.45) is 11.1 Å². The molecule has 2 aromatic rings. The van der Waals surface area contributed by atoms with Crippen LogP contribution in [0.25, 0.3) is 5.70 Å². The fourth-order valence-corrected chi connectivity index (χ4v) is 3.18. The van der Waals surface area contributed by atoms with Crippen LogP contribution in [0.4, 0.5) is 0 Å². The summed E-state index contributed by atoms with van der Waals surface area (Å²) in [6, 6.07) is 14.7. The van der Waals surface area contributed by atoms with Gasteiger partial charge in [-0.2, -0.15) is 0 Å². The molecule has 0 bridgehead atoms. The molecule has 0 radical (unpaired) electrons. The highest BCUT2D eigenvalue weighted by molar-refractivity contribution is 6.26. The maximum absolute atomic E-state index is 12.8. The molecule has 0 aliphatic heterocycles. The van der Waals surface area contributed by atoms with Gasteiger partial charge in [0, 0.05) is 23.2 Å². The Morgan fingerprint density at radius 3 is 1.92 bits per heavy atom. The molecule has 0 saturated carbocycles. The molecule has 0 fully saturated rings. The summed E-state index contributed by atoms with van der Waals surface area (Å²) in [5.41, 5.74) is 4.15. The van der Waals surface area contributed by atoms with E-state index in [4.69, 9.17) is 5.73 Å². The van der Waals surface area contributed by atoms with Crippen LogP contribution in [0, 0.1) is 5.41 Å².